The van der Waals surface area contributed by atoms with Crippen LogP contribution < -0.4 is 10.2 Å². The van der Waals surface area contributed by atoms with Crippen molar-refractivity contribution in [2.45, 2.75) is 25.9 Å². The number of benzene rings is 2. The maximum Gasteiger partial charge on any atom is 0.335 e. The van der Waals surface area contributed by atoms with Crippen LogP contribution in [0.15, 0.2) is 48.5 Å². The van der Waals surface area contributed by atoms with Crippen molar-refractivity contribution in [3.05, 3.63) is 65.2 Å². The second-order valence-electron chi connectivity index (χ2n) is 6.05. The molecule has 5 nitrogen and oxygen atoms in total. The van der Waals surface area contributed by atoms with Crippen molar-refractivity contribution in [3.63, 3.8) is 0 Å². The Balaban J connectivity index is 1.59. The van der Waals surface area contributed by atoms with E-state index in [9.17, 15) is 9.59 Å². The normalized spacial score (nSPS) is 17.3. The number of anilines is 1. The third-order valence-corrected chi connectivity index (χ3v) is 4.30. The predicted molar refractivity (Wildman–Crippen MR) is 92.2 cm³/mol. The zero-order chi connectivity index (χ0) is 17.1. The largest absolute Gasteiger partial charge is 0.478 e. The summed E-state index contributed by atoms with van der Waals surface area (Å²) in [4.78, 5) is 25.2. The van der Waals surface area contributed by atoms with E-state index in [4.69, 9.17) is 5.11 Å². The first-order valence-electron chi connectivity index (χ1n) is 7.98. The summed E-state index contributed by atoms with van der Waals surface area (Å²) >= 11 is 0. The minimum absolute atomic E-state index is 0.0843. The van der Waals surface area contributed by atoms with Crippen LogP contribution in [0.1, 0.15) is 27.9 Å². The number of nitrogens with zero attached hydrogens (tertiary/aromatic N) is 1. The molecule has 1 amide bonds. The Bertz CT molecular complexity index is 738. The highest BCUT2D eigenvalue weighted by Crippen LogP contribution is 2.22. The number of aryl methyl sites for hydroxylation is 1. The van der Waals surface area contributed by atoms with E-state index >= 15 is 0 Å². The summed E-state index contributed by atoms with van der Waals surface area (Å²) in [6.07, 6.45) is 0.764. The first kappa shape index (κ1) is 16.2. The minimum Gasteiger partial charge on any atom is -0.478 e. The molecule has 2 N–H and O–H groups in total. The number of hydrogen-bond acceptors (Lipinski definition) is 3. The van der Waals surface area contributed by atoms with Crippen LogP contribution >= 0.6 is 0 Å². The molecule has 1 aliphatic heterocycles. The van der Waals surface area contributed by atoms with Gasteiger partial charge in [-0.2, -0.15) is 0 Å². The van der Waals surface area contributed by atoms with Gasteiger partial charge in [0.05, 0.1) is 11.6 Å². The Hall–Kier alpha value is -2.66. The molecule has 2 aromatic carbocycles. The van der Waals surface area contributed by atoms with Crippen LogP contribution in [-0.4, -0.2) is 29.6 Å². The molecule has 5 heteroatoms. The topological polar surface area (TPSA) is 69.6 Å². The molecule has 0 saturated carbocycles. The number of carboxylic acids is 1. The number of carbonyl (C=O) groups excluding carboxylic acids is 1. The van der Waals surface area contributed by atoms with Crippen LogP contribution in [-0.2, 0) is 11.3 Å². The molecule has 1 saturated heterocycles. The van der Waals surface area contributed by atoms with Gasteiger partial charge in [-0.25, -0.2) is 4.79 Å². The first-order chi connectivity index (χ1) is 11.5. The summed E-state index contributed by atoms with van der Waals surface area (Å²) < 4.78 is 0. The second-order valence-corrected chi connectivity index (χ2v) is 6.05. The number of amides is 1. The minimum atomic E-state index is -0.936. The van der Waals surface area contributed by atoms with Crippen LogP contribution in [0.25, 0.3) is 0 Å². The third-order valence-electron chi connectivity index (χ3n) is 4.30. The summed E-state index contributed by atoms with van der Waals surface area (Å²) in [6, 6.07) is 14.5. The van der Waals surface area contributed by atoms with Crippen LogP contribution in [0.2, 0.25) is 0 Å². The lowest BCUT2D eigenvalue weighted by molar-refractivity contribution is -0.118. The van der Waals surface area contributed by atoms with Gasteiger partial charge in [0.2, 0.25) is 5.91 Å². The molecule has 1 fully saturated rings. The molecule has 0 radical (unpaired) electrons. The Labute approximate surface area is 140 Å². The quantitative estimate of drug-likeness (QED) is 0.887. The van der Waals surface area contributed by atoms with E-state index in [1.165, 1.54) is 5.56 Å². The van der Waals surface area contributed by atoms with Crippen molar-refractivity contribution in [2.24, 2.45) is 0 Å². The Morgan fingerprint density at radius 3 is 2.46 bits per heavy atom. The standard InChI is InChI=1S/C19H20N2O3/c1-13-2-8-16(9-3-13)21-11-10-17(18(21)22)20-12-14-4-6-15(7-5-14)19(23)24/h2-9,17,20H,10-12H2,1H3,(H,23,24). The molecule has 0 aliphatic carbocycles. The lowest BCUT2D eigenvalue weighted by Crippen LogP contribution is -2.37. The zero-order valence-electron chi connectivity index (χ0n) is 13.5. The van der Waals surface area contributed by atoms with Gasteiger partial charge in [0, 0.05) is 18.8 Å². The van der Waals surface area contributed by atoms with E-state index in [1.807, 2.05) is 36.1 Å². The fraction of sp³-hybridized carbons (Fsp3) is 0.263. The molecular formula is C19H20N2O3. The highest BCUT2D eigenvalue weighted by Gasteiger charge is 2.31. The molecule has 0 aromatic heterocycles. The van der Waals surface area contributed by atoms with Crippen LogP contribution in [0.5, 0.6) is 0 Å². The van der Waals surface area contributed by atoms with Gasteiger partial charge in [-0.15, -0.1) is 0 Å². The first-order valence-corrected chi connectivity index (χ1v) is 7.98. The van der Waals surface area contributed by atoms with E-state index < -0.39 is 5.97 Å². The van der Waals surface area contributed by atoms with Gasteiger partial charge in [0.25, 0.3) is 0 Å². The van der Waals surface area contributed by atoms with Gasteiger partial charge in [-0.1, -0.05) is 29.8 Å². The van der Waals surface area contributed by atoms with Crippen molar-refractivity contribution >= 4 is 17.6 Å². The zero-order valence-corrected chi connectivity index (χ0v) is 13.5. The summed E-state index contributed by atoms with van der Waals surface area (Å²) in [7, 11) is 0. The number of carbonyl (C=O) groups is 2. The number of aromatic carboxylic acids is 1. The Morgan fingerprint density at radius 1 is 1.17 bits per heavy atom. The molecule has 1 heterocycles. The van der Waals surface area contributed by atoms with E-state index in [1.54, 1.807) is 24.3 Å². The van der Waals surface area contributed by atoms with Crippen molar-refractivity contribution in [1.82, 2.24) is 5.32 Å². The van der Waals surface area contributed by atoms with Gasteiger partial charge in [0.1, 0.15) is 0 Å². The average Bonchev–Trinajstić information content (AvgIpc) is 2.95. The van der Waals surface area contributed by atoms with Gasteiger partial charge in [-0.3, -0.25) is 4.79 Å². The highest BCUT2D eigenvalue weighted by atomic mass is 16.4. The maximum absolute atomic E-state index is 12.5. The van der Waals surface area contributed by atoms with E-state index in [0.717, 1.165) is 17.7 Å². The molecule has 24 heavy (non-hydrogen) atoms. The maximum atomic E-state index is 12.5. The lowest BCUT2D eigenvalue weighted by atomic mass is 10.1. The predicted octanol–water partition coefficient (Wildman–Crippen LogP) is 2.59. The molecule has 1 aliphatic rings. The average molecular weight is 324 g/mol. The summed E-state index contributed by atoms with van der Waals surface area (Å²) in [6.45, 7) is 3.27. The fourth-order valence-corrected chi connectivity index (χ4v) is 2.86. The Kier molecular flexibility index (Phi) is 4.62. The van der Waals surface area contributed by atoms with Crippen molar-refractivity contribution < 1.29 is 14.7 Å². The van der Waals surface area contributed by atoms with Gasteiger partial charge >= 0.3 is 5.97 Å². The third kappa shape index (κ3) is 3.46. The highest BCUT2D eigenvalue weighted by molar-refractivity contribution is 5.99. The molecule has 0 spiro atoms. The number of nitrogens with one attached hydrogen (secondary N) is 1. The second kappa shape index (κ2) is 6.84. The van der Waals surface area contributed by atoms with Crippen molar-refractivity contribution in [2.75, 3.05) is 11.4 Å². The number of carboxylic acid groups (broad SMARTS) is 1. The van der Waals surface area contributed by atoms with E-state index in [0.29, 0.717) is 13.1 Å². The van der Waals surface area contributed by atoms with Gasteiger partial charge in [0.15, 0.2) is 0 Å². The van der Waals surface area contributed by atoms with Crippen LogP contribution in [0.4, 0.5) is 5.69 Å². The summed E-state index contributed by atoms with van der Waals surface area (Å²) in [5, 5.41) is 12.2. The van der Waals surface area contributed by atoms with Crippen molar-refractivity contribution in [1.29, 1.82) is 0 Å². The lowest BCUT2D eigenvalue weighted by Gasteiger charge is -2.17. The SMILES string of the molecule is Cc1ccc(N2CCC(NCc3ccc(C(=O)O)cc3)C2=O)cc1. The van der Waals surface area contributed by atoms with E-state index in [-0.39, 0.29) is 17.5 Å². The van der Waals surface area contributed by atoms with E-state index in [2.05, 4.69) is 5.32 Å². The Morgan fingerprint density at radius 2 is 1.83 bits per heavy atom. The number of rotatable bonds is 5. The van der Waals surface area contributed by atoms with Gasteiger partial charge in [-0.05, 0) is 43.2 Å². The summed E-state index contributed by atoms with van der Waals surface area (Å²) in [5.74, 6) is -0.852. The molecule has 1 atom stereocenters. The van der Waals surface area contributed by atoms with Crippen LogP contribution in [0, 0.1) is 6.92 Å². The smallest absolute Gasteiger partial charge is 0.335 e. The molecular weight excluding hydrogens is 304 g/mol. The number of hydrogen-bond donors (Lipinski definition) is 2. The molecule has 1 unspecified atom stereocenters. The fourth-order valence-electron chi connectivity index (χ4n) is 2.86. The van der Waals surface area contributed by atoms with Gasteiger partial charge < -0.3 is 15.3 Å². The molecule has 3 rings (SSSR count). The van der Waals surface area contributed by atoms with Crippen molar-refractivity contribution in [3.8, 4) is 0 Å². The molecule has 124 valence electrons. The molecule has 2 aromatic rings. The monoisotopic (exact) mass is 324 g/mol. The van der Waals surface area contributed by atoms with Crippen LogP contribution in [0.3, 0.4) is 0 Å². The summed E-state index contributed by atoms with van der Waals surface area (Å²) in [5.41, 5.74) is 3.33. The molecule has 0 bridgehead atoms.